The second-order valence-corrected chi connectivity index (χ2v) is 6.37. The molecule has 0 saturated carbocycles. The summed E-state index contributed by atoms with van der Waals surface area (Å²) in [6.45, 7) is 2.79. The van der Waals surface area contributed by atoms with Crippen LogP contribution in [0.2, 0.25) is 0 Å². The Bertz CT molecular complexity index is 351. The lowest BCUT2D eigenvalue weighted by molar-refractivity contribution is 0.332. The summed E-state index contributed by atoms with van der Waals surface area (Å²) in [6, 6.07) is 7.39. The second-order valence-electron chi connectivity index (χ2n) is 4.28. The average Bonchev–Trinajstić information content (AvgIpc) is 2.38. The molecule has 0 bridgehead atoms. The lowest BCUT2D eigenvalue weighted by Crippen LogP contribution is -2.00. The highest BCUT2D eigenvalue weighted by Gasteiger charge is 2.03. The molecular formula is C14H21BrO2S. The minimum atomic E-state index is -1.32. The van der Waals surface area contributed by atoms with Crippen LogP contribution in [0, 0.1) is 0 Å². The molecule has 18 heavy (non-hydrogen) atoms. The highest BCUT2D eigenvalue weighted by Crippen LogP contribution is 2.14. The standard InChI is InChI=1S/C14H21BrO2S/c1-2-3-4-5-6-7-12-17-18(16)14-10-8-13(15)9-11-14/h8-11H,2-7,12H2,1H3/t18-/m1/s1. The normalized spacial score (nSPS) is 12.6. The maximum Gasteiger partial charge on any atom is 0.189 e. The summed E-state index contributed by atoms with van der Waals surface area (Å²) >= 11 is 2.03. The van der Waals surface area contributed by atoms with Gasteiger partial charge in [-0.1, -0.05) is 55.0 Å². The van der Waals surface area contributed by atoms with Crippen molar-refractivity contribution in [3.8, 4) is 0 Å². The Morgan fingerprint density at radius 1 is 1.06 bits per heavy atom. The van der Waals surface area contributed by atoms with Gasteiger partial charge in [-0.3, -0.25) is 4.18 Å². The predicted molar refractivity (Wildman–Crippen MR) is 79.9 cm³/mol. The number of hydrogen-bond donors (Lipinski definition) is 0. The fraction of sp³-hybridized carbons (Fsp3) is 0.571. The highest BCUT2D eigenvalue weighted by molar-refractivity contribution is 9.10. The van der Waals surface area contributed by atoms with Crippen LogP contribution in [0.3, 0.4) is 0 Å². The van der Waals surface area contributed by atoms with Crippen LogP contribution in [0.5, 0.6) is 0 Å². The van der Waals surface area contributed by atoms with Crippen LogP contribution >= 0.6 is 15.9 Å². The van der Waals surface area contributed by atoms with Gasteiger partial charge in [0.2, 0.25) is 0 Å². The zero-order chi connectivity index (χ0) is 13.2. The van der Waals surface area contributed by atoms with Gasteiger partial charge in [0.1, 0.15) is 0 Å². The van der Waals surface area contributed by atoms with Crippen molar-refractivity contribution in [2.45, 2.75) is 50.3 Å². The van der Waals surface area contributed by atoms with E-state index < -0.39 is 11.1 Å². The number of halogens is 1. The first-order valence-electron chi connectivity index (χ1n) is 6.54. The number of hydrogen-bond acceptors (Lipinski definition) is 2. The quantitative estimate of drug-likeness (QED) is 0.604. The molecule has 0 aliphatic heterocycles. The van der Waals surface area contributed by atoms with Crippen LogP contribution in [-0.4, -0.2) is 10.8 Å². The Morgan fingerprint density at radius 2 is 1.67 bits per heavy atom. The second kappa shape index (κ2) is 9.70. The summed E-state index contributed by atoms with van der Waals surface area (Å²) in [5.41, 5.74) is 0. The minimum Gasteiger partial charge on any atom is -0.287 e. The molecule has 2 nitrogen and oxygen atoms in total. The Balaban J connectivity index is 2.12. The molecule has 0 aliphatic carbocycles. The van der Waals surface area contributed by atoms with Crippen LogP contribution in [-0.2, 0) is 15.3 Å². The van der Waals surface area contributed by atoms with Gasteiger partial charge in [-0.2, -0.15) is 0 Å². The van der Waals surface area contributed by atoms with Gasteiger partial charge >= 0.3 is 0 Å². The summed E-state index contributed by atoms with van der Waals surface area (Å²) in [7, 11) is 0. The zero-order valence-electron chi connectivity index (χ0n) is 10.9. The van der Waals surface area contributed by atoms with Crippen molar-refractivity contribution >= 4 is 27.0 Å². The van der Waals surface area contributed by atoms with E-state index in [4.69, 9.17) is 4.18 Å². The lowest BCUT2D eigenvalue weighted by atomic mass is 10.1. The fourth-order valence-corrected chi connectivity index (χ4v) is 2.66. The van der Waals surface area contributed by atoms with Gasteiger partial charge in [0.05, 0.1) is 11.5 Å². The summed E-state index contributed by atoms with van der Waals surface area (Å²) in [4.78, 5) is 0.726. The molecule has 1 aromatic rings. The lowest BCUT2D eigenvalue weighted by Gasteiger charge is -2.04. The van der Waals surface area contributed by atoms with Gasteiger partial charge < -0.3 is 0 Å². The molecule has 0 radical (unpaired) electrons. The Hall–Kier alpha value is -0.190. The van der Waals surface area contributed by atoms with Crippen molar-refractivity contribution in [2.24, 2.45) is 0 Å². The van der Waals surface area contributed by atoms with Crippen molar-refractivity contribution in [1.82, 2.24) is 0 Å². The molecule has 1 atom stereocenters. The van der Waals surface area contributed by atoms with E-state index in [1.165, 1.54) is 25.7 Å². The third-order valence-electron chi connectivity index (χ3n) is 2.69. The first-order chi connectivity index (χ1) is 8.74. The number of benzene rings is 1. The van der Waals surface area contributed by atoms with E-state index in [1.807, 2.05) is 24.3 Å². The van der Waals surface area contributed by atoms with Crippen LogP contribution in [0.25, 0.3) is 0 Å². The van der Waals surface area contributed by atoms with Gasteiger partial charge in [-0.25, -0.2) is 4.21 Å². The molecule has 0 heterocycles. The summed E-state index contributed by atoms with van der Waals surface area (Å²) in [5.74, 6) is 0. The number of rotatable bonds is 9. The highest BCUT2D eigenvalue weighted by atomic mass is 79.9. The van der Waals surface area contributed by atoms with E-state index in [0.29, 0.717) is 6.61 Å². The average molecular weight is 333 g/mol. The van der Waals surface area contributed by atoms with Gasteiger partial charge in [0.15, 0.2) is 11.1 Å². The van der Waals surface area contributed by atoms with Gasteiger partial charge in [0.25, 0.3) is 0 Å². The first-order valence-corrected chi connectivity index (χ1v) is 8.41. The zero-order valence-corrected chi connectivity index (χ0v) is 13.3. The maximum absolute atomic E-state index is 11.8. The molecule has 0 spiro atoms. The molecule has 0 unspecified atom stereocenters. The molecule has 0 aromatic heterocycles. The van der Waals surface area contributed by atoms with Gasteiger partial charge in [-0.15, -0.1) is 0 Å². The van der Waals surface area contributed by atoms with E-state index in [0.717, 1.165) is 22.2 Å². The molecule has 4 heteroatoms. The molecule has 1 rings (SSSR count). The van der Waals surface area contributed by atoms with Crippen molar-refractivity contribution in [3.05, 3.63) is 28.7 Å². The van der Waals surface area contributed by atoms with E-state index in [-0.39, 0.29) is 0 Å². The monoisotopic (exact) mass is 332 g/mol. The molecule has 0 saturated heterocycles. The maximum atomic E-state index is 11.8. The van der Waals surface area contributed by atoms with E-state index in [1.54, 1.807) is 0 Å². The van der Waals surface area contributed by atoms with E-state index in [9.17, 15) is 4.21 Å². The topological polar surface area (TPSA) is 26.3 Å². The smallest absolute Gasteiger partial charge is 0.189 e. The SMILES string of the molecule is CCCCCCCCO[S@@](=O)c1ccc(Br)cc1. The van der Waals surface area contributed by atoms with Crippen molar-refractivity contribution < 1.29 is 8.39 Å². The fourth-order valence-electron chi connectivity index (χ4n) is 1.63. The van der Waals surface area contributed by atoms with Crippen LogP contribution < -0.4 is 0 Å². The largest absolute Gasteiger partial charge is 0.287 e. The van der Waals surface area contributed by atoms with Crippen molar-refractivity contribution in [3.63, 3.8) is 0 Å². The summed E-state index contributed by atoms with van der Waals surface area (Å²) in [6.07, 6.45) is 7.29. The third kappa shape index (κ3) is 6.66. The minimum absolute atomic E-state index is 0.578. The Labute approximate surface area is 121 Å². The van der Waals surface area contributed by atoms with Crippen LogP contribution in [0.15, 0.2) is 33.6 Å². The van der Waals surface area contributed by atoms with Crippen molar-refractivity contribution in [1.29, 1.82) is 0 Å². The molecular weight excluding hydrogens is 312 g/mol. The van der Waals surface area contributed by atoms with Gasteiger partial charge in [0, 0.05) is 4.47 Å². The molecule has 0 N–H and O–H groups in total. The summed E-state index contributed by atoms with van der Waals surface area (Å²) < 4.78 is 18.1. The van der Waals surface area contributed by atoms with Crippen LogP contribution in [0.4, 0.5) is 0 Å². The number of unbranched alkanes of at least 4 members (excludes halogenated alkanes) is 5. The van der Waals surface area contributed by atoms with Gasteiger partial charge in [-0.05, 0) is 30.7 Å². The molecule has 0 fully saturated rings. The predicted octanol–water partition coefficient (Wildman–Crippen LogP) is 4.85. The van der Waals surface area contributed by atoms with Crippen molar-refractivity contribution in [2.75, 3.05) is 6.61 Å². The Morgan fingerprint density at radius 3 is 2.33 bits per heavy atom. The molecule has 102 valence electrons. The Kier molecular flexibility index (Phi) is 8.55. The van der Waals surface area contributed by atoms with Crippen LogP contribution in [0.1, 0.15) is 45.4 Å². The third-order valence-corrected chi connectivity index (χ3v) is 4.26. The molecule has 1 aromatic carbocycles. The summed E-state index contributed by atoms with van der Waals surface area (Å²) in [5, 5.41) is 0. The molecule has 0 amide bonds. The van der Waals surface area contributed by atoms with E-state index in [2.05, 4.69) is 22.9 Å². The first kappa shape index (κ1) is 15.9. The molecule has 0 aliphatic rings. The van der Waals surface area contributed by atoms with E-state index >= 15 is 0 Å².